The molecule has 0 aromatic heterocycles. The maximum absolute atomic E-state index is 12.9. The number of ether oxygens (including phenoxy) is 3. The fourth-order valence-corrected chi connectivity index (χ4v) is 7.71. The smallest absolute Gasteiger partial charge is 0.462 e. The summed E-state index contributed by atoms with van der Waals surface area (Å²) in [5.74, 6) is -1.64. The molecule has 0 aromatic carbocycles. The van der Waals surface area contributed by atoms with Gasteiger partial charge in [0.25, 0.3) is 0 Å². The van der Waals surface area contributed by atoms with E-state index in [9.17, 15) is 28.9 Å². The minimum absolute atomic E-state index is 0.0675. The third-order valence-electron chi connectivity index (χ3n) is 11.2. The zero-order valence-corrected chi connectivity index (χ0v) is 48.0. The van der Waals surface area contributed by atoms with E-state index >= 15 is 0 Å². The predicted molar refractivity (Wildman–Crippen MR) is 316 cm³/mol. The van der Waals surface area contributed by atoms with Crippen molar-refractivity contribution in [3.63, 3.8) is 0 Å². The maximum Gasteiger partial charge on any atom is 0.472 e. The Morgan fingerprint density at radius 3 is 1.11 bits per heavy atom. The number of hydrogen-bond donors (Lipinski definition) is 2. The van der Waals surface area contributed by atoms with Crippen LogP contribution in [0.5, 0.6) is 0 Å². The monoisotopic (exact) mass is 1080 g/mol. The SMILES string of the molecule is CC/C=C\C/C=C\C/C=C\C/C=C\C/C=C\CCCC(=O)OCC(COP(=O)(O)OCC(CO)OC(=O)CCCCCCC/C=C\C/C=C\CCCCC)OC(=O)CCC/C=C\C/C=C\C/C=C\C/C=C\C/C=C\CC. The number of rotatable bonds is 51. The van der Waals surface area contributed by atoms with Crippen LogP contribution in [0.2, 0.25) is 0 Å². The second kappa shape index (κ2) is 56.6. The number of esters is 3. The first kappa shape index (κ1) is 71.4. The lowest BCUT2D eigenvalue weighted by atomic mass is 10.1. The van der Waals surface area contributed by atoms with E-state index < -0.39 is 64.4 Å². The number of phosphoric acid groups is 1. The summed E-state index contributed by atoms with van der Waals surface area (Å²) >= 11 is 0. The molecular formula is C64H101O11P. The van der Waals surface area contributed by atoms with Crippen LogP contribution >= 0.6 is 7.82 Å². The maximum atomic E-state index is 12.9. The molecule has 0 aliphatic heterocycles. The molecule has 0 rings (SSSR count). The number of aliphatic hydroxyl groups excluding tert-OH is 1. The average Bonchev–Trinajstić information content (AvgIpc) is 3.41. The van der Waals surface area contributed by atoms with E-state index in [0.29, 0.717) is 32.1 Å². The van der Waals surface area contributed by atoms with Crippen LogP contribution < -0.4 is 0 Å². The Hall–Kier alpha value is -4.64. The molecule has 0 saturated carbocycles. The summed E-state index contributed by atoms with van der Waals surface area (Å²) in [6, 6.07) is 0. The standard InChI is InChI=1S/C64H101O11P/c1-4-7-10-13-16-19-22-25-28-30-33-35-38-41-44-47-50-53-62(66)71-57-61(75-64(68)55-52-49-46-43-40-37-34-31-29-26-23-20-17-14-11-8-5-2)59-73-76(69,70)72-58-60(56-65)74-63(67)54-51-48-45-42-39-36-32-27-24-21-18-15-12-9-6-3/h7-8,10-11,16-21,25-29,32-35,37,41,43-44,46,60-61,65H,4-6,9,12-15,22-24,30-31,36,38-40,42,45,47-59H2,1-3H3,(H,69,70)/b10-7-,11-8-,19-16-,20-17-,21-18-,28-25-,29-26-,32-27-,35-33-,37-34-,44-41-,46-43-. The van der Waals surface area contributed by atoms with Crippen LogP contribution in [-0.2, 0) is 42.2 Å². The van der Waals surface area contributed by atoms with E-state index in [-0.39, 0.29) is 19.3 Å². The van der Waals surface area contributed by atoms with E-state index in [0.717, 1.165) is 109 Å². The van der Waals surface area contributed by atoms with Gasteiger partial charge in [-0.25, -0.2) is 4.57 Å². The highest BCUT2D eigenvalue weighted by Crippen LogP contribution is 2.43. The van der Waals surface area contributed by atoms with Crippen LogP contribution in [0.1, 0.15) is 201 Å². The molecule has 0 heterocycles. The van der Waals surface area contributed by atoms with Crippen molar-refractivity contribution < 1.29 is 52.2 Å². The third kappa shape index (κ3) is 54.2. The van der Waals surface area contributed by atoms with E-state index in [2.05, 4.69) is 142 Å². The van der Waals surface area contributed by atoms with Gasteiger partial charge < -0.3 is 24.2 Å². The number of carbonyl (C=O) groups excluding carboxylic acids is 3. The number of allylic oxidation sites excluding steroid dienone is 24. The second-order valence-electron chi connectivity index (χ2n) is 18.3. The number of hydrogen-bond acceptors (Lipinski definition) is 10. The first-order chi connectivity index (χ1) is 37.2. The van der Waals surface area contributed by atoms with E-state index in [1.807, 2.05) is 24.3 Å². The Balaban J connectivity index is 4.93. The van der Waals surface area contributed by atoms with Crippen molar-refractivity contribution in [3.05, 3.63) is 146 Å². The fraction of sp³-hybridized carbons (Fsp3) is 0.578. The topological polar surface area (TPSA) is 155 Å². The van der Waals surface area contributed by atoms with Gasteiger partial charge >= 0.3 is 25.7 Å². The lowest BCUT2D eigenvalue weighted by Gasteiger charge is -2.21. The summed E-state index contributed by atoms with van der Waals surface area (Å²) in [6.07, 6.45) is 72.5. The Morgan fingerprint density at radius 2 is 0.697 bits per heavy atom. The Morgan fingerprint density at radius 1 is 0.382 bits per heavy atom. The van der Waals surface area contributed by atoms with Gasteiger partial charge in [-0.1, -0.05) is 199 Å². The van der Waals surface area contributed by atoms with Crippen LogP contribution in [0.4, 0.5) is 0 Å². The fourth-order valence-electron chi connectivity index (χ4n) is 6.93. The van der Waals surface area contributed by atoms with Gasteiger partial charge in [0.1, 0.15) is 12.7 Å². The lowest BCUT2D eigenvalue weighted by Crippen LogP contribution is -2.30. The van der Waals surface area contributed by atoms with Crippen LogP contribution in [0, 0.1) is 0 Å². The molecule has 0 bridgehead atoms. The predicted octanol–water partition coefficient (Wildman–Crippen LogP) is 17.1. The summed E-state index contributed by atoms with van der Waals surface area (Å²) in [6.45, 7) is 4.22. The Bertz CT molecular complexity index is 1830. The molecule has 428 valence electrons. The first-order valence-corrected chi connectivity index (χ1v) is 30.2. The molecule has 0 saturated heterocycles. The van der Waals surface area contributed by atoms with Crippen LogP contribution in [-0.4, -0.2) is 66.5 Å². The average molecular weight is 1080 g/mol. The van der Waals surface area contributed by atoms with Crippen molar-refractivity contribution in [2.45, 2.75) is 213 Å². The van der Waals surface area contributed by atoms with Crippen LogP contribution in [0.3, 0.4) is 0 Å². The molecular weight excluding hydrogens is 976 g/mol. The molecule has 0 amide bonds. The summed E-state index contributed by atoms with van der Waals surface area (Å²) in [4.78, 5) is 48.5. The molecule has 12 heteroatoms. The number of unbranched alkanes of at least 4 members (excludes halogenated alkanes) is 10. The van der Waals surface area contributed by atoms with E-state index in [1.54, 1.807) is 0 Å². The Kier molecular flexibility index (Phi) is 53.1. The number of phosphoric ester groups is 1. The minimum atomic E-state index is -4.79. The van der Waals surface area contributed by atoms with Gasteiger partial charge in [0, 0.05) is 19.3 Å². The molecule has 0 aromatic rings. The first-order valence-electron chi connectivity index (χ1n) is 28.7. The summed E-state index contributed by atoms with van der Waals surface area (Å²) < 4.78 is 39.4. The van der Waals surface area contributed by atoms with E-state index in [4.69, 9.17) is 23.3 Å². The van der Waals surface area contributed by atoms with Gasteiger partial charge in [0.05, 0.1) is 19.8 Å². The third-order valence-corrected chi connectivity index (χ3v) is 12.2. The Labute approximate surface area is 461 Å². The van der Waals surface area contributed by atoms with Gasteiger partial charge in [0.15, 0.2) is 6.10 Å². The molecule has 76 heavy (non-hydrogen) atoms. The normalized spacial score (nSPS) is 14.4. The molecule has 11 nitrogen and oxygen atoms in total. The van der Waals surface area contributed by atoms with Gasteiger partial charge in [-0.05, 0) is 128 Å². The van der Waals surface area contributed by atoms with Crippen molar-refractivity contribution in [3.8, 4) is 0 Å². The van der Waals surface area contributed by atoms with Crippen molar-refractivity contribution >= 4 is 25.7 Å². The largest absolute Gasteiger partial charge is 0.472 e. The molecule has 0 aliphatic carbocycles. The highest BCUT2D eigenvalue weighted by molar-refractivity contribution is 7.47. The summed E-state index contributed by atoms with van der Waals surface area (Å²) in [5, 5.41) is 9.81. The van der Waals surface area contributed by atoms with Crippen molar-refractivity contribution in [1.82, 2.24) is 0 Å². The molecule has 0 fully saturated rings. The van der Waals surface area contributed by atoms with Crippen molar-refractivity contribution in [1.29, 1.82) is 0 Å². The van der Waals surface area contributed by atoms with Gasteiger partial charge in [-0.15, -0.1) is 0 Å². The van der Waals surface area contributed by atoms with Crippen molar-refractivity contribution in [2.75, 3.05) is 26.4 Å². The molecule has 3 unspecified atom stereocenters. The van der Waals surface area contributed by atoms with Crippen LogP contribution in [0.25, 0.3) is 0 Å². The zero-order chi connectivity index (χ0) is 55.5. The summed E-state index contributed by atoms with van der Waals surface area (Å²) in [7, 11) is -4.79. The lowest BCUT2D eigenvalue weighted by molar-refractivity contribution is -0.161. The van der Waals surface area contributed by atoms with Gasteiger partial charge in [0.2, 0.25) is 0 Å². The molecule has 0 spiro atoms. The highest BCUT2D eigenvalue weighted by Gasteiger charge is 2.28. The van der Waals surface area contributed by atoms with Gasteiger partial charge in [-0.3, -0.25) is 23.4 Å². The van der Waals surface area contributed by atoms with Crippen molar-refractivity contribution in [2.24, 2.45) is 0 Å². The minimum Gasteiger partial charge on any atom is -0.462 e. The van der Waals surface area contributed by atoms with E-state index in [1.165, 1.54) is 19.3 Å². The van der Waals surface area contributed by atoms with Crippen LogP contribution in [0.15, 0.2) is 146 Å². The van der Waals surface area contributed by atoms with Gasteiger partial charge in [-0.2, -0.15) is 0 Å². The summed E-state index contributed by atoms with van der Waals surface area (Å²) in [5.41, 5.74) is 0. The molecule has 3 atom stereocenters. The quantitative estimate of drug-likeness (QED) is 0.0197. The number of aliphatic hydroxyl groups is 1. The second-order valence-corrected chi connectivity index (χ2v) is 19.8. The molecule has 2 N–H and O–H groups in total. The molecule has 0 aliphatic rings. The number of carbonyl (C=O) groups is 3. The zero-order valence-electron chi connectivity index (χ0n) is 47.2. The molecule has 0 radical (unpaired) electrons. The highest BCUT2D eigenvalue weighted by atomic mass is 31.2.